The second-order valence-electron chi connectivity index (χ2n) is 5.36. The first-order valence-electron chi connectivity index (χ1n) is 7.65. The lowest BCUT2D eigenvalue weighted by molar-refractivity contribution is 0.0977. The van der Waals surface area contributed by atoms with E-state index in [4.69, 9.17) is 23.8 Å². The topological polar surface area (TPSA) is 41.1 Å². The third kappa shape index (κ3) is 4.66. The summed E-state index contributed by atoms with van der Waals surface area (Å²) in [5.74, 6) is -0.305. The van der Waals surface area contributed by atoms with Gasteiger partial charge in [-0.2, -0.15) is 0 Å². The molecule has 3 aromatic rings. The summed E-state index contributed by atoms with van der Waals surface area (Å²) in [5, 5.41) is 6.38. The van der Waals surface area contributed by atoms with Crippen molar-refractivity contribution in [1.82, 2.24) is 5.32 Å². The first-order chi connectivity index (χ1) is 12.1. The van der Waals surface area contributed by atoms with Crippen LogP contribution in [0.1, 0.15) is 10.4 Å². The van der Waals surface area contributed by atoms with E-state index in [0.717, 1.165) is 16.8 Å². The number of carbonyl (C=O) groups is 1. The lowest BCUT2D eigenvalue weighted by Gasteiger charge is -2.10. The van der Waals surface area contributed by atoms with Crippen LogP contribution in [-0.2, 0) is 0 Å². The molecule has 1 amide bonds. The van der Waals surface area contributed by atoms with Gasteiger partial charge in [0.15, 0.2) is 5.11 Å². The monoisotopic (exact) mass is 366 g/mol. The zero-order chi connectivity index (χ0) is 17.6. The molecular formula is C20H15ClN2OS. The summed E-state index contributed by atoms with van der Waals surface area (Å²) in [5.41, 5.74) is 3.51. The van der Waals surface area contributed by atoms with Crippen molar-refractivity contribution < 1.29 is 4.79 Å². The highest BCUT2D eigenvalue weighted by Crippen LogP contribution is 2.21. The van der Waals surface area contributed by atoms with Crippen LogP contribution in [0.5, 0.6) is 0 Å². The zero-order valence-electron chi connectivity index (χ0n) is 13.2. The molecule has 0 aliphatic carbocycles. The van der Waals surface area contributed by atoms with Crippen molar-refractivity contribution in [2.45, 2.75) is 0 Å². The first kappa shape index (κ1) is 17.1. The number of nitrogens with one attached hydrogen (secondary N) is 2. The van der Waals surface area contributed by atoms with E-state index in [0.29, 0.717) is 10.6 Å². The molecule has 0 aliphatic rings. The van der Waals surface area contributed by atoms with E-state index in [2.05, 4.69) is 22.8 Å². The Hall–Kier alpha value is -2.69. The van der Waals surface area contributed by atoms with E-state index in [1.54, 1.807) is 24.3 Å². The molecule has 0 fully saturated rings. The van der Waals surface area contributed by atoms with Crippen molar-refractivity contribution in [1.29, 1.82) is 0 Å². The number of thiocarbonyl (C=S) groups is 1. The van der Waals surface area contributed by atoms with E-state index in [1.807, 2.05) is 42.5 Å². The van der Waals surface area contributed by atoms with Crippen LogP contribution in [0.3, 0.4) is 0 Å². The van der Waals surface area contributed by atoms with Crippen LogP contribution in [0.25, 0.3) is 11.1 Å². The van der Waals surface area contributed by atoms with Gasteiger partial charge in [0.1, 0.15) is 0 Å². The molecule has 3 rings (SSSR count). The highest BCUT2D eigenvalue weighted by atomic mass is 35.5. The van der Waals surface area contributed by atoms with Crippen LogP contribution in [0, 0.1) is 0 Å². The van der Waals surface area contributed by atoms with Crippen molar-refractivity contribution >= 4 is 40.5 Å². The Labute approximate surface area is 156 Å². The molecule has 124 valence electrons. The Balaban J connectivity index is 1.62. The molecule has 0 atom stereocenters. The summed E-state index contributed by atoms with van der Waals surface area (Å²) >= 11 is 11.1. The van der Waals surface area contributed by atoms with Crippen molar-refractivity contribution in [2.75, 3.05) is 5.32 Å². The van der Waals surface area contributed by atoms with Gasteiger partial charge in [0, 0.05) is 16.3 Å². The largest absolute Gasteiger partial charge is 0.332 e. The predicted molar refractivity (Wildman–Crippen MR) is 107 cm³/mol. The standard InChI is InChI=1S/C20H15ClN2OS/c21-17-8-4-7-16(13-17)19(24)23-20(25)22-18-11-9-15(10-12-18)14-5-2-1-3-6-14/h1-13H,(H2,22,23,24,25). The van der Waals surface area contributed by atoms with E-state index in [9.17, 15) is 4.79 Å². The molecule has 0 heterocycles. The van der Waals surface area contributed by atoms with Gasteiger partial charge in [0.2, 0.25) is 0 Å². The van der Waals surface area contributed by atoms with Gasteiger partial charge in [0.25, 0.3) is 5.91 Å². The molecule has 0 saturated carbocycles. The predicted octanol–water partition coefficient (Wildman–Crippen LogP) is 5.13. The van der Waals surface area contributed by atoms with Gasteiger partial charge in [-0.15, -0.1) is 0 Å². The van der Waals surface area contributed by atoms with Crippen LogP contribution in [0.2, 0.25) is 5.02 Å². The SMILES string of the molecule is O=C(NC(=S)Nc1ccc(-c2ccccc2)cc1)c1cccc(Cl)c1. The van der Waals surface area contributed by atoms with Crippen LogP contribution in [0.4, 0.5) is 5.69 Å². The minimum atomic E-state index is -0.305. The first-order valence-corrected chi connectivity index (χ1v) is 8.44. The van der Waals surface area contributed by atoms with E-state index in [1.165, 1.54) is 0 Å². The number of halogens is 1. The Morgan fingerprint density at radius 3 is 2.20 bits per heavy atom. The maximum atomic E-state index is 12.1. The zero-order valence-corrected chi connectivity index (χ0v) is 14.8. The number of amides is 1. The number of carbonyl (C=O) groups excluding carboxylic acids is 1. The van der Waals surface area contributed by atoms with Gasteiger partial charge in [0.05, 0.1) is 0 Å². The summed E-state index contributed by atoms with van der Waals surface area (Å²) in [4.78, 5) is 12.1. The van der Waals surface area contributed by atoms with Gasteiger partial charge in [-0.3, -0.25) is 10.1 Å². The molecule has 0 spiro atoms. The Kier molecular flexibility index (Phi) is 5.43. The maximum Gasteiger partial charge on any atom is 0.257 e. The number of benzene rings is 3. The van der Waals surface area contributed by atoms with E-state index >= 15 is 0 Å². The molecule has 2 N–H and O–H groups in total. The molecule has 0 aliphatic heterocycles. The molecule has 0 saturated heterocycles. The van der Waals surface area contributed by atoms with E-state index in [-0.39, 0.29) is 11.0 Å². The average Bonchev–Trinajstić information content (AvgIpc) is 2.63. The van der Waals surface area contributed by atoms with Gasteiger partial charge < -0.3 is 5.32 Å². The fraction of sp³-hybridized carbons (Fsp3) is 0. The van der Waals surface area contributed by atoms with Crippen LogP contribution < -0.4 is 10.6 Å². The summed E-state index contributed by atoms with van der Waals surface area (Å²) in [6, 6.07) is 24.6. The van der Waals surface area contributed by atoms with Crippen LogP contribution in [-0.4, -0.2) is 11.0 Å². The number of anilines is 1. The lowest BCUT2D eigenvalue weighted by atomic mass is 10.1. The van der Waals surface area contributed by atoms with Gasteiger partial charge >= 0.3 is 0 Å². The summed E-state index contributed by atoms with van der Waals surface area (Å²) in [6.07, 6.45) is 0. The second-order valence-corrected chi connectivity index (χ2v) is 6.21. The second kappa shape index (κ2) is 7.92. The average molecular weight is 367 g/mol. The Bertz CT molecular complexity index is 895. The van der Waals surface area contributed by atoms with Crippen LogP contribution >= 0.6 is 23.8 Å². The molecule has 0 bridgehead atoms. The highest BCUT2D eigenvalue weighted by molar-refractivity contribution is 7.80. The van der Waals surface area contributed by atoms with Gasteiger partial charge in [-0.25, -0.2) is 0 Å². The summed E-state index contributed by atoms with van der Waals surface area (Å²) in [7, 11) is 0. The smallest absolute Gasteiger partial charge is 0.257 e. The minimum absolute atomic E-state index is 0.234. The van der Waals surface area contributed by atoms with Crippen molar-refractivity contribution in [3.8, 4) is 11.1 Å². The lowest BCUT2D eigenvalue weighted by Crippen LogP contribution is -2.34. The number of hydrogen-bond acceptors (Lipinski definition) is 2. The molecule has 25 heavy (non-hydrogen) atoms. The maximum absolute atomic E-state index is 12.1. The van der Waals surface area contributed by atoms with Crippen molar-refractivity contribution in [3.63, 3.8) is 0 Å². The molecule has 0 radical (unpaired) electrons. The highest BCUT2D eigenvalue weighted by Gasteiger charge is 2.08. The summed E-state index contributed by atoms with van der Waals surface area (Å²) in [6.45, 7) is 0. The third-order valence-electron chi connectivity index (χ3n) is 3.56. The van der Waals surface area contributed by atoms with Gasteiger partial charge in [-0.1, -0.05) is 60.1 Å². The normalized spacial score (nSPS) is 10.1. The number of hydrogen-bond donors (Lipinski definition) is 2. The van der Waals surface area contributed by atoms with Crippen LogP contribution in [0.15, 0.2) is 78.9 Å². The van der Waals surface area contributed by atoms with Crippen molar-refractivity contribution in [2.24, 2.45) is 0 Å². The summed E-state index contributed by atoms with van der Waals surface area (Å²) < 4.78 is 0. The fourth-order valence-corrected chi connectivity index (χ4v) is 2.74. The molecule has 3 nitrogen and oxygen atoms in total. The molecule has 0 aromatic heterocycles. The molecule has 5 heteroatoms. The minimum Gasteiger partial charge on any atom is -0.332 e. The fourth-order valence-electron chi connectivity index (χ4n) is 2.34. The number of rotatable bonds is 3. The molecule has 0 unspecified atom stereocenters. The Morgan fingerprint density at radius 2 is 1.52 bits per heavy atom. The van der Waals surface area contributed by atoms with Gasteiger partial charge in [-0.05, 0) is 53.7 Å². The van der Waals surface area contributed by atoms with Crippen molar-refractivity contribution in [3.05, 3.63) is 89.4 Å². The molecule has 3 aromatic carbocycles. The third-order valence-corrected chi connectivity index (χ3v) is 4.00. The quantitative estimate of drug-likeness (QED) is 0.631. The Morgan fingerprint density at radius 1 is 0.840 bits per heavy atom. The molecular weight excluding hydrogens is 352 g/mol. The van der Waals surface area contributed by atoms with E-state index < -0.39 is 0 Å².